The van der Waals surface area contributed by atoms with E-state index < -0.39 is 0 Å². The average molecular weight is 279 g/mol. The second-order valence-electron chi connectivity index (χ2n) is 4.84. The van der Waals surface area contributed by atoms with Gasteiger partial charge in [0, 0.05) is 22.7 Å². The maximum atomic E-state index is 4.78. The van der Waals surface area contributed by atoms with E-state index in [1.165, 1.54) is 5.57 Å². The third-order valence-electron chi connectivity index (χ3n) is 3.59. The lowest BCUT2D eigenvalue weighted by molar-refractivity contribution is 0.849. The van der Waals surface area contributed by atoms with E-state index >= 15 is 0 Å². The average Bonchev–Trinajstić information content (AvgIpc) is 3.14. The Morgan fingerprint density at radius 2 is 2.10 bits per heavy atom. The zero-order valence-electron chi connectivity index (χ0n) is 10.8. The number of thiazole rings is 1. The summed E-state index contributed by atoms with van der Waals surface area (Å²) in [5, 5.41) is 6.41. The summed E-state index contributed by atoms with van der Waals surface area (Å²) in [4.78, 5) is 9.23. The Morgan fingerprint density at radius 1 is 1.20 bits per heavy atom. The van der Waals surface area contributed by atoms with Crippen molar-refractivity contribution in [2.24, 2.45) is 10.9 Å². The highest BCUT2D eigenvalue weighted by Gasteiger charge is 2.28. The quantitative estimate of drug-likeness (QED) is 0.910. The minimum Gasteiger partial charge on any atom is -0.350 e. The Morgan fingerprint density at radius 3 is 3.00 bits per heavy atom. The van der Waals surface area contributed by atoms with Gasteiger partial charge in [-0.05, 0) is 12.6 Å². The number of benzene rings is 1. The zero-order chi connectivity index (χ0) is 13.4. The minimum absolute atomic E-state index is 0.342. The summed E-state index contributed by atoms with van der Waals surface area (Å²) >= 11 is 1.69. The molecule has 98 valence electrons. The van der Waals surface area contributed by atoms with Crippen LogP contribution in [-0.4, -0.2) is 10.8 Å². The highest BCUT2D eigenvalue weighted by Crippen LogP contribution is 2.36. The standard InChI is InChI=1S/C16H13N3S/c1-2-5-11(6-3-1)14-10-20-16(19-14)13-9-18-15-12(13)7-4-8-17-15/h1-6,8-10,12H,7H2,(H,17,18). The number of allylic oxidation sites excluding steroid dienone is 1. The van der Waals surface area contributed by atoms with Gasteiger partial charge in [-0.2, -0.15) is 0 Å². The van der Waals surface area contributed by atoms with Crippen LogP contribution in [0, 0.1) is 5.92 Å². The summed E-state index contributed by atoms with van der Waals surface area (Å²) in [7, 11) is 0. The van der Waals surface area contributed by atoms with Crippen LogP contribution in [0.4, 0.5) is 0 Å². The van der Waals surface area contributed by atoms with E-state index in [2.05, 4.69) is 33.9 Å². The Hall–Kier alpha value is -2.20. The highest BCUT2D eigenvalue weighted by atomic mass is 32.1. The lowest BCUT2D eigenvalue weighted by Gasteiger charge is -2.17. The monoisotopic (exact) mass is 279 g/mol. The van der Waals surface area contributed by atoms with Crippen molar-refractivity contribution in [2.75, 3.05) is 0 Å². The molecule has 4 heteroatoms. The van der Waals surface area contributed by atoms with Crippen molar-refractivity contribution >= 4 is 22.7 Å². The van der Waals surface area contributed by atoms with Crippen LogP contribution in [-0.2, 0) is 0 Å². The van der Waals surface area contributed by atoms with Gasteiger partial charge in [0.2, 0.25) is 0 Å². The first-order valence-electron chi connectivity index (χ1n) is 6.62. The van der Waals surface area contributed by atoms with Crippen molar-refractivity contribution < 1.29 is 0 Å². The van der Waals surface area contributed by atoms with Crippen LogP contribution < -0.4 is 5.32 Å². The lowest BCUT2D eigenvalue weighted by atomic mass is 9.95. The summed E-state index contributed by atoms with van der Waals surface area (Å²) < 4.78 is 0. The third-order valence-corrected chi connectivity index (χ3v) is 4.48. The first-order chi connectivity index (χ1) is 9.92. The summed E-state index contributed by atoms with van der Waals surface area (Å²) in [5.41, 5.74) is 3.43. The van der Waals surface area contributed by atoms with Gasteiger partial charge < -0.3 is 5.32 Å². The Labute approximate surface area is 121 Å². The fourth-order valence-electron chi connectivity index (χ4n) is 2.54. The van der Waals surface area contributed by atoms with Crippen molar-refractivity contribution in [3.05, 3.63) is 59.2 Å². The molecule has 1 aromatic heterocycles. The van der Waals surface area contributed by atoms with Gasteiger partial charge in [-0.3, -0.25) is 0 Å². The molecular formula is C16H13N3S. The van der Waals surface area contributed by atoms with E-state index in [1.807, 2.05) is 30.6 Å². The maximum absolute atomic E-state index is 4.78. The molecule has 3 nitrogen and oxygen atoms in total. The number of rotatable bonds is 2. The molecule has 0 aliphatic carbocycles. The smallest absolute Gasteiger partial charge is 0.122 e. The number of hydrogen-bond donors (Lipinski definition) is 1. The van der Waals surface area contributed by atoms with Crippen LogP contribution >= 0.6 is 11.3 Å². The molecule has 0 radical (unpaired) electrons. The Balaban J connectivity index is 1.65. The van der Waals surface area contributed by atoms with Crippen LogP contribution in [0.25, 0.3) is 16.8 Å². The summed E-state index contributed by atoms with van der Waals surface area (Å²) in [6, 6.07) is 10.3. The molecule has 0 saturated heterocycles. The maximum Gasteiger partial charge on any atom is 0.122 e. The molecule has 1 aromatic carbocycles. The van der Waals surface area contributed by atoms with Gasteiger partial charge >= 0.3 is 0 Å². The molecule has 2 aliphatic rings. The van der Waals surface area contributed by atoms with Crippen molar-refractivity contribution in [1.82, 2.24) is 10.3 Å². The molecule has 0 spiro atoms. The van der Waals surface area contributed by atoms with Gasteiger partial charge in [0.05, 0.1) is 11.6 Å². The third kappa shape index (κ3) is 1.89. The first kappa shape index (κ1) is 11.6. The van der Waals surface area contributed by atoms with E-state index in [1.54, 1.807) is 11.3 Å². The van der Waals surface area contributed by atoms with Gasteiger partial charge in [-0.25, -0.2) is 9.98 Å². The molecule has 4 rings (SSSR count). The molecular weight excluding hydrogens is 266 g/mol. The van der Waals surface area contributed by atoms with Crippen molar-refractivity contribution in [2.45, 2.75) is 6.42 Å². The van der Waals surface area contributed by atoms with E-state index in [-0.39, 0.29) is 0 Å². The van der Waals surface area contributed by atoms with Crippen molar-refractivity contribution in [1.29, 1.82) is 0 Å². The summed E-state index contributed by atoms with van der Waals surface area (Å²) in [6.07, 6.45) is 7.06. The number of nitrogens with one attached hydrogen (secondary N) is 1. The molecule has 20 heavy (non-hydrogen) atoms. The van der Waals surface area contributed by atoms with Crippen LogP contribution in [0.15, 0.2) is 59.2 Å². The van der Waals surface area contributed by atoms with Crippen LogP contribution in [0.2, 0.25) is 0 Å². The first-order valence-corrected chi connectivity index (χ1v) is 7.50. The number of hydrogen-bond acceptors (Lipinski definition) is 4. The molecule has 2 aromatic rings. The predicted octanol–water partition coefficient (Wildman–Crippen LogP) is 3.69. The molecule has 0 fully saturated rings. The number of aliphatic imine (C=N–C) groups is 1. The van der Waals surface area contributed by atoms with Crippen LogP contribution in [0.3, 0.4) is 0 Å². The second-order valence-corrected chi connectivity index (χ2v) is 5.70. The molecule has 1 unspecified atom stereocenters. The molecule has 3 heterocycles. The highest BCUT2D eigenvalue weighted by molar-refractivity contribution is 7.11. The fourth-order valence-corrected chi connectivity index (χ4v) is 3.44. The van der Waals surface area contributed by atoms with Gasteiger partial charge in [-0.1, -0.05) is 36.4 Å². The number of nitrogens with zero attached hydrogens (tertiary/aromatic N) is 2. The fraction of sp³-hybridized carbons (Fsp3) is 0.125. The SMILES string of the molecule is C1=CNC2=NC=C(c3nc(-c4ccccc4)cs3)C2C1. The number of fused-ring (bicyclic) bond motifs is 1. The molecule has 0 saturated carbocycles. The molecule has 0 amide bonds. The predicted molar refractivity (Wildman–Crippen MR) is 83.3 cm³/mol. The van der Waals surface area contributed by atoms with Gasteiger partial charge in [0.25, 0.3) is 0 Å². The molecule has 1 atom stereocenters. The van der Waals surface area contributed by atoms with Gasteiger partial charge in [0.1, 0.15) is 10.8 Å². The topological polar surface area (TPSA) is 37.3 Å². The molecule has 0 bridgehead atoms. The largest absolute Gasteiger partial charge is 0.350 e. The Bertz CT molecular complexity index is 725. The molecule has 1 N–H and O–H groups in total. The van der Waals surface area contributed by atoms with Crippen molar-refractivity contribution in [3.8, 4) is 11.3 Å². The van der Waals surface area contributed by atoms with E-state index in [0.717, 1.165) is 28.5 Å². The van der Waals surface area contributed by atoms with E-state index in [0.29, 0.717) is 5.92 Å². The Kier molecular flexibility index (Phi) is 2.74. The summed E-state index contributed by atoms with van der Waals surface area (Å²) in [6.45, 7) is 0. The van der Waals surface area contributed by atoms with Gasteiger partial charge in [0.15, 0.2) is 0 Å². The van der Waals surface area contributed by atoms with Crippen molar-refractivity contribution in [3.63, 3.8) is 0 Å². The van der Waals surface area contributed by atoms with Crippen LogP contribution in [0.5, 0.6) is 0 Å². The van der Waals surface area contributed by atoms with E-state index in [4.69, 9.17) is 4.98 Å². The number of aromatic nitrogens is 1. The van der Waals surface area contributed by atoms with E-state index in [9.17, 15) is 0 Å². The second kappa shape index (κ2) is 4.72. The van der Waals surface area contributed by atoms with Crippen LogP contribution in [0.1, 0.15) is 11.4 Å². The van der Waals surface area contributed by atoms with Gasteiger partial charge in [-0.15, -0.1) is 11.3 Å². The minimum atomic E-state index is 0.342. The lowest BCUT2D eigenvalue weighted by Crippen LogP contribution is -2.28. The molecule has 2 aliphatic heterocycles. The summed E-state index contributed by atoms with van der Waals surface area (Å²) in [5.74, 6) is 1.38. The zero-order valence-corrected chi connectivity index (χ0v) is 11.6. The normalized spacial score (nSPS) is 20.1. The number of amidine groups is 1.